The summed E-state index contributed by atoms with van der Waals surface area (Å²) in [7, 11) is 0. The lowest BCUT2D eigenvalue weighted by Crippen LogP contribution is -2.25. The lowest BCUT2D eigenvalue weighted by atomic mass is 10.2. The molecule has 0 saturated heterocycles. The average molecular weight is 320 g/mol. The van der Waals surface area contributed by atoms with Gasteiger partial charge < -0.3 is 10.6 Å². The number of benzene rings is 1. The topological polar surface area (TPSA) is 58.2 Å². The largest absolute Gasteiger partial charge is 0.352 e. The van der Waals surface area contributed by atoms with Gasteiger partial charge in [0.05, 0.1) is 0 Å². The Bertz CT molecular complexity index is 656. The van der Waals surface area contributed by atoms with E-state index in [4.69, 9.17) is 0 Å². The summed E-state index contributed by atoms with van der Waals surface area (Å²) in [6.45, 7) is 2.22. The molecule has 0 fully saturated rings. The number of nitrogens with one attached hydrogen (secondary N) is 2. The fourth-order valence-corrected chi connectivity index (χ4v) is 2.52. The number of carbonyl (C=O) groups excluding carboxylic acids is 2. The van der Waals surface area contributed by atoms with Crippen LogP contribution in [0.4, 0.5) is 10.1 Å². The van der Waals surface area contributed by atoms with E-state index >= 15 is 0 Å². The van der Waals surface area contributed by atoms with Gasteiger partial charge in [0.25, 0.3) is 5.91 Å². The molecule has 22 heavy (non-hydrogen) atoms. The first-order chi connectivity index (χ1) is 10.6. The van der Waals surface area contributed by atoms with Crippen LogP contribution in [0.1, 0.15) is 28.8 Å². The fourth-order valence-electron chi connectivity index (χ4n) is 1.89. The van der Waals surface area contributed by atoms with Crippen LogP contribution in [0.3, 0.4) is 0 Å². The fraction of sp³-hybridized carbons (Fsp3) is 0.250. The van der Waals surface area contributed by atoms with Gasteiger partial charge >= 0.3 is 0 Å². The van der Waals surface area contributed by atoms with Gasteiger partial charge in [-0.05, 0) is 42.5 Å². The van der Waals surface area contributed by atoms with Crippen molar-refractivity contribution in [2.75, 3.05) is 11.9 Å². The second-order valence-electron chi connectivity index (χ2n) is 4.88. The lowest BCUT2D eigenvalue weighted by Gasteiger charge is -2.08. The third-order valence-electron chi connectivity index (χ3n) is 3.12. The van der Waals surface area contributed by atoms with E-state index in [0.717, 1.165) is 5.56 Å². The van der Waals surface area contributed by atoms with Crippen molar-refractivity contribution in [1.29, 1.82) is 0 Å². The van der Waals surface area contributed by atoms with Crippen LogP contribution in [0.25, 0.3) is 0 Å². The molecule has 0 saturated carbocycles. The predicted molar refractivity (Wildman–Crippen MR) is 85.7 cm³/mol. The van der Waals surface area contributed by atoms with Gasteiger partial charge in [-0.25, -0.2) is 4.39 Å². The van der Waals surface area contributed by atoms with E-state index in [1.165, 1.54) is 23.5 Å². The van der Waals surface area contributed by atoms with Crippen LogP contribution in [0.2, 0.25) is 0 Å². The summed E-state index contributed by atoms with van der Waals surface area (Å²) in [5.41, 5.74) is 1.91. The zero-order chi connectivity index (χ0) is 15.9. The maximum Gasteiger partial charge on any atom is 0.252 e. The molecule has 2 amide bonds. The second kappa shape index (κ2) is 7.70. The molecular formula is C16H17FN2O2S. The number of amides is 2. The number of hydrogen-bond donors (Lipinski definition) is 2. The van der Waals surface area contributed by atoms with Crippen LogP contribution in [0, 0.1) is 12.7 Å². The highest BCUT2D eigenvalue weighted by molar-refractivity contribution is 7.08. The molecule has 0 aliphatic carbocycles. The smallest absolute Gasteiger partial charge is 0.252 e. The Kier molecular flexibility index (Phi) is 5.66. The van der Waals surface area contributed by atoms with E-state index < -0.39 is 0 Å². The Balaban J connectivity index is 1.72. The highest BCUT2D eigenvalue weighted by Crippen LogP contribution is 2.16. The molecule has 1 aromatic carbocycles. The summed E-state index contributed by atoms with van der Waals surface area (Å²) in [5.74, 6) is -0.718. The SMILES string of the molecule is Cc1ccc(F)cc1NC(=O)CCCNC(=O)c1ccsc1. The Morgan fingerprint density at radius 3 is 2.82 bits per heavy atom. The minimum absolute atomic E-state index is 0.136. The van der Waals surface area contributed by atoms with Gasteiger partial charge in [-0.2, -0.15) is 11.3 Å². The molecule has 1 aromatic heterocycles. The number of aryl methyl sites for hydroxylation is 1. The molecule has 0 aliphatic heterocycles. The van der Waals surface area contributed by atoms with Crippen LogP contribution in [-0.2, 0) is 4.79 Å². The maximum atomic E-state index is 13.1. The van der Waals surface area contributed by atoms with E-state index in [-0.39, 0.29) is 24.1 Å². The molecule has 116 valence electrons. The summed E-state index contributed by atoms with van der Waals surface area (Å²) in [6.07, 6.45) is 0.788. The third-order valence-corrected chi connectivity index (χ3v) is 3.81. The van der Waals surface area contributed by atoms with Crippen LogP contribution in [-0.4, -0.2) is 18.4 Å². The summed E-state index contributed by atoms with van der Waals surface area (Å²) in [6, 6.07) is 6.02. The Morgan fingerprint density at radius 1 is 1.27 bits per heavy atom. The highest BCUT2D eigenvalue weighted by Gasteiger charge is 2.07. The van der Waals surface area contributed by atoms with Crippen LogP contribution >= 0.6 is 11.3 Å². The van der Waals surface area contributed by atoms with Crippen molar-refractivity contribution in [3.8, 4) is 0 Å². The molecule has 0 atom stereocenters. The normalized spacial score (nSPS) is 10.3. The van der Waals surface area contributed by atoms with Gasteiger partial charge in [0.2, 0.25) is 5.91 Å². The second-order valence-corrected chi connectivity index (χ2v) is 5.66. The van der Waals surface area contributed by atoms with Gasteiger partial charge in [0, 0.05) is 29.6 Å². The minimum Gasteiger partial charge on any atom is -0.352 e. The highest BCUT2D eigenvalue weighted by atomic mass is 32.1. The summed E-state index contributed by atoms with van der Waals surface area (Å²) in [4.78, 5) is 23.5. The first-order valence-corrected chi connectivity index (χ1v) is 7.87. The molecule has 2 rings (SSSR count). The quantitative estimate of drug-likeness (QED) is 0.802. The first-order valence-electron chi connectivity index (χ1n) is 6.92. The zero-order valence-electron chi connectivity index (χ0n) is 12.2. The molecule has 2 aromatic rings. The molecular weight excluding hydrogens is 303 g/mol. The van der Waals surface area contributed by atoms with E-state index in [0.29, 0.717) is 24.2 Å². The Morgan fingerprint density at radius 2 is 2.09 bits per heavy atom. The molecule has 0 unspecified atom stereocenters. The van der Waals surface area contributed by atoms with Crippen molar-refractivity contribution in [2.45, 2.75) is 19.8 Å². The van der Waals surface area contributed by atoms with Crippen molar-refractivity contribution in [1.82, 2.24) is 5.32 Å². The summed E-state index contributed by atoms with van der Waals surface area (Å²) >= 11 is 1.46. The van der Waals surface area contributed by atoms with E-state index in [9.17, 15) is 14.0 Å². The first kappa shape index (κ1) is 16.2. The van der Waals surface area contributed by atoms with E-state index in [1.54, 1.807) is 24.4 Å². The van der Waals surface area contributed by atoms with Crippen molar-refractivity contribution in [2.24, 2.45) is 0 Å². The molecule has 0 spiro atoms. The van der Waals surface area contributed by atoms with E-state index in [2.05, 4.69) is 10.6 Å². The van der Waals surface area contributed by atoms with Crippen LogP contribution in [0.5, 0.6) is 0 Å². The molecule has 6 heteroatoms. The maximum absolute atomic E-state index is 13.1. The molecule has 0 radical (unpaired) electrons. The van der Waals surface area contributed by atoms with Crippen molar-refractivity contribution < 1.29 is 14.0 Å². The number of anilines is 1. The lowest BCUT2D eigenvalue weighted by molar-refractivity contribution is -0.116. The average Bonchev–Trinajstić information content (AvgIpc) is 3.01. The molecule has 2 N–H and O–H groups in total. The summed E-state index contributed by atoms with van der Waals surface area (Å²) in [5, 5.41) is 9.04. The Labute approximate surface area is 132 Å². The third kappa shape index (κ3) is 4.66. The number of halogens is 1. The predicted octanol–water partition coefficient (Wildman–Crippen LogP) is 3.34. The molecule has 1 heterocycles. The number of hydrogen-bond acceptors (Lipinski definition) is 3. The van der Waals surface area contributed by atoms with Crippen molar-refractivity contribution >= 4 is 28.8 Å². The molecule has 0 aliphatic rings. The van der Waals surface area contributed by atoms with Gasteiger partial charge in [-0.15, -0.1) is 0 Å². The molecule has 0 bridgehead atoms. The number of thiophene rings is 1. The summed E-state index contributed by atoms with van der Waals surface area (Å²) < 4.78 is 13.1. The van der Waals surface area contributed by atoms with E-state index in [1.807, 2.05) is 5.38 Å². The van der Waals surface area contributed by atoms with Gasteiger partial charge in [0.1, 0.15) is 5.82 Å². The van der Waals surface area contributed by atoms with Crippen LogP contribution in [0.15, 0.2) is 35.0 Å². The monoisotopic (exact) mass is 320 g/mol. The van der Waals surface area contributed by atoms with Crippen molar-refractivity contribution in [3.05, 3.63) is 52.0 Å². The molecule has 4 nitrogen and oxygen atoms in total. The number of carbonyl (C=O) groups is 2. The zero-order valence-corrected chi connectivity index (χ0v) is 13.0. The van der Waals surface area contributed by atoms with Gasteiger partial charge in [-0.3, -0.25) is 9.59 Å². The Hall–Kier alpha value is -2.21. The minimum atomic E-state index is -0.385. The number of rotatable bonds is 6. The van der Waals surface area contributed by atoms with Gasteiger partial charge in [-0.1, -0.05) is 6.07 Å². The van der Waals surface area contributed by atoms with Gasteiger partial charge in [0.15, 0.2) is 0 Å². The van der Waals surface area contributed by atoms with Crippen LogP contribution < -0.4 is 10.6 Å². The van der Waals surface area contributed by atoms with Crippen molar-refractivity contribution in [3.63, 3.8) is 0 Å². The standard InChI is InChI=1S/C16H17FN2O2S/c1-11-4-5-13(17)9-14(11)19-15(20)3-2-7-18-16(21)12-6-8-22-10-12/h4-6,8-10H,2-3,7H2,1H3,(H,18,21)(H,19,20).